The van der Waals surface area contributed by atoms with E-state index in [2.05, 4.69) is 10.6 Å². The molecule has 1 aromatic rings. The third-order valence-electron chi connectivity index (χ3n) is 1.92. The molecule has 0 saturated carbocycles. The lowest BCUT2D eigenvalue weighted by Gasteiger charge is -2.12. The van der Waals surface area contributed by atoms with Crippen LogP contribution in [-0.4, -0.2) is 18.5 Å². The smallest absolute Gasteiger partial charge is 0.316 e. The van der Waals surface area contributed by atoms with E-state index in [1.807, 2.05) is 24.3 Å². The zero-order chi connectivity index (χ0) is 11.8. The van der Waals surface area contributed by atoms with Gasteiger partial charge in [0.05, 0.1) is 6.07 Å². The first-order valence-electron chi connectivity index (χ1n) is 4.83. The molecule has 0 aliphatic heterocycles. The maximum atomic E-state index is 11.3. The van der Waals surface area contributed by atoms with Crippen LogP contribution in [0.3, 0.4) is 0 Å². The normalized spacial score (nSPS) is 11.2. The molecule has 2 amide bonds. The van der Waals surface area contributed by atoms with E-state index in [-0.39, 0.29) is 0 Å². The Balaban J connectivity index is 2.57. The van der Waals surface area contributed by atoms with Crippen molar-refractivity contribution in [3.8, 4) is 6.07 Å². The van der Waals surface area contributed by atoms with Crippen molar-refractivity contribution >= 4 is 17.6 Å². The summed E-state index contributed by atoms with van der Waals surface area (Å²) in [4.78, 5) is 11.3. The molecule has 2 N–H and O–H groups in total. The minimum absolute atomic E-state index is 0.343. The molecule has 0 aliphatic carbocycles. The zero-order valence-electron chi connectivity index (χ0n) is 8.61. The van der Waals surface area contributed by atoms with Crippen molar-refractivity contribution in [2.75, 3.05) is 12.4 Å². The van der Waals surface area contributed by atoms with Gasteiger partial charge in [0.15, 0.2) is 0 Å². The first-order valence-corrected chi connectivity index (χ1v) is 5.36. The number of carbonyl (C=O) groups is 1. The molecule has 1 aromatic carbocycles. The number of halogens is 1. The molecule has 0 saturated heterocycles. The van der Waals surface area contributed by atoms with Crippen LogP contribution in [0.25, 0.3) is 0 Å². The molecule has 4 nitrogen and oxygen atoms in total. The minimum atomic E-state index is -0.642. The molecule has 0 aromatic heterocycles. The van der Waals surface area contributed by atoms with Crippen LogP contribution in [0.2, 0.25) is 0 Å². The summed E-state index contributed by atoms with van der Waals surface area (Å²) in [6, 6.07) is 10.0. The predicted molar refractivity (Wildman–Crippen MR) is 62.1 cm³/mol. The average Bonchev–Trinajstić information content (AvgIpc) is 2.34. The zero-order valence-corrected chi connectivity index (χ0v) is 9.37. The fraction of sp³-hybridized carbons (Fsp3) is 0.273. The van der Waals surface area contributed by atoms with Gasteiger partial charge in [0.1, 0.15) is 6.04 Å². The first-order chi connectivity index (χ1) is 7.77. The monoisotopic (exact) mass is 237 g/mol. The van der Waals surface area contributed by atoms with Gasteiger partial charge >= 0.3 is 6.03 Å². The van der Waals surface area contributed by atoms with Gasteiger partial charge in [-0.2, -0.15) is 5.26 Å². The molecule has 0 radical (unpaired) electrons. The number of amides is 2. The van der Waals surface area contributed by atoms with Crippen LogP contribution in [0, 0.1) is 11.3 Å². The van der Waals surface area contributed by atoms with E-state index in [9.17, 15) is 4.79 Å². The number of hydrogen-bond donors (Lipinski definition) is 2. The molecular formula is C11H12ClN3O. The van der Waals surface area contributed by atoms with Crippen molar-refractivity contribution in [3.05, 3.63) is 35.9 Å². The Morgan fingerprint density at radius 1 is 1.44 bits per heavy atom. The largest absolute Gasteiger partial charge is 0.337 e. The standard InChI is InChI=1S/C11H12ClN3O/c12-6-7-14-11(16)15-10(8-13)9-4-2-1-3-5-9/h1-5,10H,6-7H2,(H2,14,15,16). The van der Waals surface area contributed by atoms with Gasteiger partial charge in [-0.05, 0) is 5.56 Å². The predicted octanol–water partition coefficient (Wildman–Crippen LogP) is 1.79. The Labute approximate surface area is 99.2 Å². The van der Waals surface area contributed by atoms with E-state index in [4.69, 9.17) is 16.9 Å². The number of nitrogens with zero attached hydrogens (tertiary/aromatic N) is 1. The average molecular weight is 238 g/mol. The maximum Gasteiger partial charge on any atom is 0.316 e. The van der Waals surface area contributed by atoms with Gasteiger partial charge in [-0.1, -0.05) is 30.3 Å². The van der Waals surface area contributed by atoms with E-state index < -0.39 is 12.1 Å². The number of benzene rings is 1. The van der Waals surface area contributed by atoms with Crippen molar-refractivity contribution in [2.45, 2.75) is 6.04 Å². The Hall–Kier alpha value is -1.73. The molecule has 0 heterocycles. The van der Waals surface area contributed by atoms with Crippen LogP contribution in [0.4, 0.5) is 4.79 Å². The highest BCUT2D eigenvalue weighted by molar-refractivity contribution is 6.18. The van der Waals surface area contributed by atoms with Crippen molar-refractivity contribution in [1.82, 2.24) is 10.6 Å². The van der Waals surface area contributed by atoms with Gasteiger partial charge in [-0.15, -0.1) is 11.6 Å². The van der Waals surface area contributed by atoms with E-state index in [1.54, 1.807) is 12.1 Å². The van der Waals surface area contributed by atoms with Crippen LogP contribution in [-0.2, 0) is 0 Å². The number of urea groups is 1. The Morgan fingerprint density at radius 2 is 2.12 bits per heavy atom. The van der Waals surface area contributed by atoms with E-state index in [1.165, 1.54) is 0 Å². The van der Waals surface area contributed by atoms with E-state index in [0.29, 0.717) is 12.4 Å². The Bertz CT molecular complexity index is 375. The van der Waals surface area contributed by atoms with Crippen molar-refractivity contribution in [1.29, 1.82) is 5.26 Å². The Morgan fingerprint density at radius 3 is 2.69 bits per heavy atom. The van der Waals surface area contributed by atoms with Crippen LogP contribution < -0.4 is 10.6 Å². The molecule has 1 rings (SSSR count). The summed E-state index contributed by atoms with van der Waals surface area (Å²) in [5, 5.41) is 14.0. The lowest BCUT2D eigenvalue weighted by molar-refractivity contribution is 0.240. The van der Waals surface area contributed by atoms with Gasteiger partial charge in [0, 0.05) is 12.4 Å². The number of nitriles is 1. The van der Waals surface area contributed by atoms with E-state index >= 15 is 0 Å². The summed E-state index contributed by atoms with van der Waals surface area (Å²) >= 11 is 5.43. The number of rotatable bonds is 4. The molecule has 5 heteroatoms. The van der Waals surface area contributed by atoms with Gasteiger partial charge < -0.3 is 10.6 Å². The highest BCUT2D eigenvalue weighted by atomic mass is 35.5. The van der Waals surface area contributed by atoms with E-state index in [0.717, 1.165) is 5.56 Å². The Kier molecular flexibility index (Phi) is 5.17. The second-order valence-electron chi connectivity index (χ2n) is 3.06. The summed E-state index contributed by atoms with van der Waals surface area (Å²) in [6.45, 7) is 0.375. The van der Waals surface area contributed by atoms with Gasteiger partial charge in [-0.25, -0.2) is 4.79 Å². The molecule has 16 heavy (non-hydrogen) atoms. The lowest BCUT2D eigenvalue weighted by atomic mass is 10.1. The number of alkyl halides is 1. The maximum absolute atomic E-state index is 11.3. The first kappa shape index (κ1) is 12.3. The van der Waals surface area contributed by atoms with Crippen LogP contribution in [0.5, 0.6) is 0 Å². The molecule has 0 spiro atoms. The molecule has 0 aliphatic rings. The van der Waals surface area contributed by atoms with Crippen molar-refractivity contribution < 1.29 is 4.79 Å². The third kappa shape index (κ3) is 3.79. The third-order valence-corrected chi connectivity index (χ3v) is 2.11. The van der Waals surface area contributed by atoms with Crippen molar-refractivity contribution in [2.24, 2.45) is 0 Å². The lowest BCUT2D eigenvalue weighted by Crippen LogP contribution is -2.38. The number of nitrogens with one attached hydrogen (secondary N) is 2. The fourth-order valence-corrected chi connectivity index (χ4v) is 1.27. The summed E-state index contributed by atoms with van der Waals surface area (Å²) in [6.07, 6.45) is 0. The summed E-state index contributed by atoms with van der Waals surface area (Å²) < 4.78 is 0. The van der Waals surface area contributed by atoms with Crippen molar-refractivity contribution in [3.63, 3.8) is 0 Å². The van der Waals surface area contributed by atoms with Gasteiger partial charge in [0.2, 0.25) is 0 Å². The molecular weight excluding hydrogens is 226 g/mol. The quantitative estimate of drug-likeness (QED) is 0.785. The molecule has 0 fully saturated rings. The van der Waals surface area contributed by atoms with Crippen LogP contribution >= 0.6 is 11.6 Å². The molecule has 1 unspecified atom stereocenters. The topological polar surface area (TPSA) is 64.9 Å². The van der Waals surface area contributed by atoms with Crippen LogP contribution in [0.15, 0.2) is 30.3 Å². The highest BCUT2D eigenvalue weighted by Gasteiger charge is 2.12. The highest BCUT2D eigenvalue weighted by Crippen LogP contribution is 2.10. The summed E-state index contributed by atoms with van der Waals surface area (Å²) in [5.74, 6) is 0.343. The van der Waals surface area contributed by atoms with Gasteiger partial charge in [-0.3, -0.25) is 0 Å². The fourth-order valence-electron chi connectivity index (χ4n) is 1.18. The number of carbonyl (C=O) groups excluding carboxylic acids is 1. The summed E-state index contributed by atoms with van der Waals surface area (Å²) in [5.41, 5.74) is 0.756. The molecule has 84 valence electrons. The SMILES string of the molecule is N#CC(NC(=O)NCCCl)c1ccccc1. The minimum Gasteiger partial charge on any atom is -0.337 e. The second-order valence-corrected chi connectivity index (χ2v) is 3.44. The van der Waals surface area contributed by atoms with Gasteiger partial charge in [0.25, 0.3) is 0 Å². The van der Waals surface area contributed by atoms with Crippen LogP contribution in [0.1, 0.15) is 11.6 Å². The molecule has 1 atom stereocenters. The summed E-state index contributed by atoms with van der Waals surface area (Å²) in [7, 11) is 0. The number of hydrogen-bond acceptors (Lipinski definition) is 2. The second kappa shape index (κ2) is 6.70. The molecule has 0 bridgehead atoms.